The fraction of sp³-hybridized carbons (Fsp3) is 0.0769. The molecule has 0 fully saturated rings. The lowest BCUT2D eigenvalue weighted by atomic mass is 10.2. The third kappa shape index (κ3) is 3.15. The molecule has 2 aromatic carbocycles. The summed E-state index contributed by atoms with van der Waals surface area (Å²) in [7, 11) is 0. The van der Waals surface area contributed by atoms with Gasteiger partial charge in [0.15, 0.2) is 11.6 Å². The Labute approximate surface area is 118 Å². The summed E-state index contributed by atoms with van der Waals surface area (Å²) in [6.45, 7) is 0.166. The minimum Gasteiger partial charge on any atom is -0.486 e. The molecular weight excluding hydrogens is 321 g/mol. The van der Waals surface area contributed by atoms with Gasteiger partial charge in [0, 0.05) is 20.7 Å². The summed E-state index contributed by atoms with van der Waals surface area (Å²) in [6.07, 6.45) is 0. The van der Waals surface area contributed by atoms with Crippen LogP contribution < -0.4 is 10.5 Å². The Balaban J connectivity index is 2.16. The molecule has 0 saturated heterocycles. The monoisotopic (exact) mass is 329 g/mol. The van der Waals surface area contributed by atoms with Crippen LogP contribution in [-0.4, -0.2) is 0 Å². The van der Waals surface area contributed by atoms with E-state index in [4.69, 9.17) is 22.1 Å². The van der Waals surface area contributed by atoms with Crippen molar-refractivity contribution >= 4 is 33.2 Å². The highest BCUT2D eigenvalue weighted by atomic mass is 79.9. The topological polar surface area (TPSA) is 35.2 Å². The molecule has 2 rings (SSSR count). The first kappa shape index (κ1) is 13.2. The highest BCUT2D eigenvalue weighted by Gasteiger charge is 2.06. The largest absolute Gasteiger partial charge is 0.486 e. The van der Waals surface area contributed by atoms with Gasteiger partial charge in [0.05, 0.1) is 0 Å². The van der Waals surface area contributed by atoms with E-state index in [0.717, 1.165) is 10.0 Å². The zero-order chi connectivity index (χ0) is 13.1. The standard InChI is InChI=1S/C13H10BrClFNO/c14-9-1-3-11(16)13(6-9)18-7-8-5-10(15)2-4-12(8)17/h1-6H,7,17H2. The first-order valence-electron chi connectivity index (χ1n) is 5.18. The number of ether oxygens (including phenoxy) is 1. The summed E-state index contributed by atoms with van der Waals surface area (Å²) in [6, 6.07) is 9.60. The van der Waals surface area contributed by atoms with Crippen LogP contribution in [0.1, 0.15) is 5.56 Å². The fourth-order valence-electron chi connectivity index (χ4n) is 1.44. The quantitative estimate of drug-likeness (QED) is 0.846. The zero-order valence-corrected chi connectivity index (χ0v) is 11.6. The Morgan fingerprint density at radius 2 is 2.00 bits per heavy atom. The summed E-state index contributed by atoms with van der Waals surface area (Å²) in [4.78, 5) is 0. The molecule has 0 unspecified atom stereocenters. The molecule has 2 aromatic rings. The lowest BCUT2D eigenvalue weighted by Gasteiger charge is -2.10. The van der Waals surface area contributed by atoms with Crippen molar-refractivity contribution in [1.82, 2.24) is 0 Å². The van der Waals surface area contributed by atoms with Crippen LogP contribution in [0.25, 0.3) is 0 Å². The molecule has 0 aromatic heterocycles. The molecule has 94 valence electrons. The van der Waals surface area contributed by atoms with E-state index >= 15 is 0 Å². The van der Waals surface area contributed by atoms with Gasteiger partial charge in [0.1, 0.15) is 6.61 Å². The molecule has 5 heteroatoms. The van der Waals surface area contributed by atoms with E-state index in [1.165, 1.54) is 6.07 Å². The third-order valence-corrected chi connectivity index (χ3v) is 3.11. The van der Waals surface area contributed by atoms with Gasteiger partial charge in [0.2, 0.25) is 0 Å². The SMILES string of the molecule is Nc1ccc(Cl)cc1COc1cc(Br)ccc1F. The van der Waals surface area contributed by atoms with E-state index in [1.807, 2.05) is 0 Å². The summed E-state index contributed by atoms with van der Waals surface area (Å²) in [5.41, 5.74) is 7.07. The Hall–Kier alpha value is -1.26. The molecule has 0 spiro atoms. The van der Waals surface area contributed by atoms with E-state index in [9.17, 15) is 4.39 Å². The number of anilines is 1. The maximum absolute atomic E-state index is 13.4. The van der Waals surface area contributed by atoms with Gasteiger partial charge in [-0.2, -0.15) is 0 Å². The summed E-state index contributed by atoms with van der Waals surface area (Å²) in [5.74, 6) is -0.248. The molecule has 0 aliphatic rings. The van der Waals surface area contributed by atoms with Gasteiger partial charge in [-0.15, -0.1) is 0 Å². The molecule has 0 amide bonds. The van der Waals surface area contributed by atoms with Gasteiger partial charge in [-0.05, 0) is 36.4 Å². The van der Waals surface area contributed by atoms with Crippen molar-refractivity contribution in [1.29, 1.82) is 0 Å². The zero-order valence-electron chi connectivity index (χ0n) is 9.29. The van der Waals surface area contributed by atoms with Crippen molar-refractivity contribution in [3.05, 3.63) is 57.3 Å². The summed E-state index contributed by atoms with van der Waals surface area (Å²) < 4.78 is 19.6. The molecule has 0 bridgehead atoms. The van der Waals surface area contributed by atoms with Gasteiger partial charge in [0.25, 0.3) is 0 Å². The second-order valence-electron chi connectivity index (χ2n) is 3.71. The minimum absolute atomic E-state index is 0.166. The lowest BCUT2D eigenvalue weighted by Crippen LogP contribution is -2.01. The highest BCUT2D eigenvalue weighted by molar-refractivity contribution is 9.10. The van der Waals surface area contributed by atoms with E-state index in [1.54, 1.807) is 30.3 Å². The van der Waals surface area contributed by atoms with Gasteiger partial charge >= 0.3 is 0 Å². The van der Waals surface area contributed by atoms with Crippen LogP contribution in [0.4, 0.5) is 10.1 Å². The molecular formula is C13H10BrClFNO. The highest BCUT2D eigenvalue weighted by Crippen LogP contribution is 2.25. The molecule has 0 saturated carbocycles. The maximum Gasteiger partial charge on any atom is 0.165 e. The van der Waals surface area contributed by atoms with E-state index in [2.05, 4.69) is 15.9 Å². The number of hydrogen-bond donors (Lipinski definition) is 1. The summed E-state index contributed by atoms with van der Waals surface area (Å²) in [5, 5.41) is 0.567. The molecule has 18 heavy (non-hydrogen) atoms. The van der Waals surface area contributed by atoms with Crippen LogP contribution in [0.3, 0.4) is 0 Å². The van der Waals surface area contributed by atoms with Crippen molar-refractivity contribution in [2.75, 3.05) is 5.73 Å². The average Bonchev–Trinajstić information content (AvgIpc) is 2.34. The number of nitrogen functional groups attached to an aromatic ring is 1. The van der Waals surface area contributed by atoms with E-state index < -0.39 is 5.82 Å². The van der Waals surface area contributed by atoms with Crippen molar-refractivity contribution in [3.63, 3.8) is 0 Å². The number of hydrogen-bond acceptors (Lipinski definition) is 2. The van der Waals surface area contributed by atoms with Gasteiger partial charge in [-0.25, -0.2) is 4.39 Å². The van der Waals surface area contributed by atoms with Crippen LogP contribution in [0.15, 0.2) is 40.9 Å². The molecule has 0 atom stereocenters. The second-order valence-corrected chi connectivity index (χ2v) is 5.06. The van der Waals surface area contributed by atoms with Crippen molar-refractivity contribution in [2.45, 2.75) is 6.61 Å². The van der Waals surface area contributed by atoms with Crippen molar-refractivity contribution in [2.24, 2.45) is 0 Å². The van der Waals surface area contributed by atoms with Crippen LogP contribution in [0, 0.1) is 5.82 Å². The Bertz CT molecular complexity index is 525. The number of nitrogens with two attached hydrogens (primary N) is 1. The smallest absolute Gasteiger partial charge is 0.165 e. The fourth-order valence-corrected chi connectivity index (χ4v) is 1.98. The molecule has 2 N–H and O–H groups in total. The van der Waals surface area contributed by atoms with Crippen LogP contribution in [0.5, 0.6) is 5.75 Å². The molecule has 0 radical (unpaired) electrons. The first-order chi connectivity index (χ1) is 8.56. The number of halogens is 3. The Kier molecular flexibility index (Phi) is 4.09. The van der Waals surface area contributed by atoms with E-state index in [-0.39, 0.29) is 12.4 Å². The normalized spacial score (nSPS) is 10.4. The molecule has 2 nitrogen and oxygen atoms in total. The minimum atomic E-state index is -0.418. The van der Waals surface area contributed by atoms with Gasteiger partial charge < -0.3 is 10.5 Å². The summed E-state index contributed by atoms with van der Waals surface area (Å²) >= 11 is 9.12. The van der Waals surface area contributed by atoms with Crippen molar-refractivity contribution < 1.29 is 9.13 Å². The first-order valence-corrected chi connectivity index (χ1v) is 6.35. The Morgan fingerprint density at radius 1 is 1.22 bits per heavy atom. The average molecular weight is 331 g/mol. The number of benzene rings is 2. The predicted molar refractivity (Wildman–Crippen MR) is 74.3 cm³/mol. The third-order valence-electron chi connectivity index (χ3n) is 2.38. The van der Waals surface area contributed by atoms with Gasteiger partial charge in [-0.1, -0.05) is 27.5 Å². The van der Waals surface area contributed by atoms with E-state index in [0.29, 0.717) is 10.7 Å². The van der Waals surface area contributed by atoms with Crippen LogP contribution in [-0.2, 0) is 6.61 Å². The number of rotatable bonds is 3. The Morgan fingerprint density at radius 3 is 2.78 bits per heavy atom. The van der Waals surface area contributed by atoms with Crippen LogP contribution in [0.2, 0.25) is 5.02 Å². The maximum atomic E-state index is 13.4. The van der Waals surface area contributed by atoms with Crippen LogP contribution >= 0.6 is 27.5 Å². The molecule has 0 heterocycles. The molecule has 0 aliphatic heterocycles. The second kappa shape index (κ2) is 5.59. The van der Waals surface area contributed by atoms with Crippen molar-refractivity contribution in [3.8, 4) is 5.75 Å². The lowest BCUT2D eigenvalue weighted by molar-refractivity contribution is 0.290. The van der Waals surface area contributed by atoms with Gasteiger partial charge in [-0.3, -0.25) is 0 Å². The molecule has 0 aliphatic carbocycles. The predicted octanol–water partition coefficient (Wildman–Crippen LogP) is 4.40.